The molecule has 0 aromatic carbocycles. The molecule has 0 heterocycles. The van der Waals surface area contributed by atoms with Gasteiger partial charge in [-0.05, 0) is 6.92 Å². The predicted molar refractivity (Wildman–Crippen MR) is 74.0 cm³/mol. The number of rotatable bonds is 10. The van der Waals surface area contributed by atoms with Crippen LogP contribution >= 0.6 is 0 Å². The summed E-state index contributed by atoms with van der Waals surface area (Å²) in [6, 6.07) is -0.630. The first-order chi connectivity index (χ1) is 9.92. The number of carbonyl (C=O) groups excluding carboxylic acids is 2. The monoisotopic (exact) mass is 305 g/mol. The number of ether oxygens (including phenoxy) is 2. The van der Waals surface area contributed by atoms with E-state index < -0.39 is 24.5 Å². The van der Waals surface area contributed by atoms with Crippen LogP contribution in [0.15, 0.2) is 0 Å². The van der Waals surface area contributed by atoms with Crippen molar-refractivity contribution in [2.75, 3.05) is 47.1 Å². The summed E-state index contributed by atoms with van der Waals surface area (Å²) in [4.78, 5) is 35.1. The van der Waals surface area contributed by atoms with Gasteiger partial charge in [-0.25, -0.2) is 4.79 Å². The molecule has 0 bridgehead atoms. The van der Waals surface area contributed by atoms with Gasteiger partial charge in [0.15, 0.2) is 0 Å². The molecule has 0 aliphatic heterocycles. The molecule has 0 aromatic rings. The molecular formula is C12H23N3O6. The second-order valence-corrected chi connectivity index (χ2v) is 4.32. The summed E-state index contributed by atoms with van der Waals surface area (Å²) in [6.45, 7) is 2.08. The minimum atomic E-state index is -1.15. The Bertz CT molecular complexity index is 350. The summed E-state index contributed by atoms with van der Waals surface area (Å²) in [5.74, 6) is -1.72. The van der Waals surface area contributed by atoms with Gasteiger partial charge in [-0.1, -0.05) is 0 Å². The molecule has 0 fully saturated rings. The Morgan fingerprint density at radius 1 is 1.14 bits per heavy atom. The Labute approximate surface area is 123 Å². The smallest absolute Gasteiger partial charge is 0.322 e. The molecule has 3 N–H and O–H groups in total. The third kappa shape index (κ3) is 8.82. The van der Waals surface area contributed by atoms with Gasteiger partial charge in [0, 0.05) is 20.8 Å². The van der Waals surface area contributed by atoms with E-state index in [0.29, 0.717) is 19.8 Å². The Balaban J connectivity index is 4.32. The van der Waals surface area contributed by atoms with Crippen LogP contribution in [0.25, 0.3) is 0 Å². The van der Waals surface area contributed by atoms with Gasteiger partial charge in [-0.15, -0.1) is 0 Å². The van der Waals surface area contributed by atoms with Gasteiger partial charge >= 0.3 is 12.0 Å². The standard InChI is InChI=1S/C12H23N3O6/c1-9(8-21-3)15(4-5-20-2)12(19)14-6-10(16)13-7-11(17)18/h9H,4-8H2,1-3H3,(H,13,16)(H,14,19)(H,17,18). The van der Waals surface area contributed by atoms with Crippen LogP contribution in [0.1, 0.15) is 6.92 Å². The first-order valence-corrected chi connectivity index (χ1v) is 6.43. The van der Waals surface area contributed by atoms with E-state index in [0.717, 1.165) is 0 Å². The highest BCUT2D eigenvalue weighted by molar-refractivity contribution is 5.86. The molecule has 0 rings (SSSR count). The Kier molecular flexibility index (Phi) is 9.90. The van der Waals surface area contributed by atoms with Crippen LogP contribution in [0.3, 0.4) is 0 Å². The van der Waals surface area contributed by atoms with E-state index in [-0.39, 0.29) is 12.6 Å². The molecule has 0 aliphatic rings. The van der Waals surface area contributed by atoms with E-state index in [1.54, 1.807) is 0 Å². The van der Waals surface area contributed by atoms with E-state index >= 15 is 0 Å². The molecule has 0 radical (unpaired) electrons. The lowest BCUT2D eigenvalue weighted by molar-refractivity contribution is -0.137. The van der Waals surface area contributed by atoms with Crippen molar-refractivity contribution in [1.82, 2.24) is 15.5 Å². The molecule has 0 spiro atoms. The molecule has 3 amide bonds. The highest BCUT2D eigenvalue weighted by Gasteiger charge is 2.20. The van der Waals surface area contributed by atoms with Crippen LogP contribution < -0.4 is 10.6 Å². The number of carboxylic acid groups (broad SMARTS) is 1. The van der Waals surface area contributed by atoms with Gasteiger partial charge in [0.05, 0.1) is 25.8 Å². The van der Waals surface area contributed by atoms with Crippen LogP contribution in [0.2, 0.25) is 0 Å². The molecule has 0 saturated heterocycles. The Morgan fingerprint density at radius 2 is 1.81 bits per heavy atom. The SMILES string of the molecule is COCCN(C(=O)NCC(=O)NCC(=O)O)C(C)COC. The van der Waals surface area contributed by atoms with Crippen LogP contribution in [0.5, 0.6) is 0 Å². The zero-order valence-electron chi connectivity index (χ0n) is 12.5. The van der Waals surface area contributed by atoms with Gasteiger partial charge < -0.3 is 30.1 Å². The number of nitrogens with zero attached hydrogens (tertiary/aromatic N) is 1. The molecule has 1 unspecified atom stereocenters. The molecule has 9 nitrogen and oxygen atoms in total. The highest BCUT2D eigenvalue weighted by Crippen LogP contribution is 2.00. The number of methoxy groups -OCH3 is 2. The average molecular weight is 305 g/mol. The van der Waals surface area contributed by atoms with E-state index in [4.69, 9.17) is 14.6 Å². The summed E-state index contributed by atoms with van der Waals surface area (Å²) in [5.41, 5.74) is 0. The topological polar surface area (TPSA) is 117 Å². The van der Waals surface area contributed by atoms with E-state index in [9.17, 15) is 14.4 Å². The van der Waals surface area contributed by atoms with Gasteiger partial charge in [0.2, 0.25) is 5.91 Å². The lowest BCUT2D eigenvalue weighted by Gasteiger charge is -2.28. The molecular weight excluding hydrogens is 282 g/mol. The average Bonchev–Trinajstić information content (AvgIpc) is 2.43. The van der Waals surface area contributed by atoms with Crippen molar-refractivity contribution in [1.29, 1.82) is 0 Å². The van der Waals surface area contributed by atoms with Gasteiger partial charge in [-0.3, -0.25) is 9.59 Å². The zero-order chi connectivity index (χ0) is 16.3. The number of hydrogen-bond acceptors (Lipinski definition) is 5. The molecule has 0 saturated carbocycles. The van der Waals surface area contributed by atoms with Gasteiger partial charge in [-0.2, -0.15) is 0 Å². The molecule has 122 valence electrons. The van der Waals surface area contributed by atoms with Crippen molar-refractivity contribution in [2.24, 2.45) is 0 Å². The second-order valence-electron chi connectivity index (χ2n) is 4.32. The fraction of sp³-hybridized carbons (Fsp3) is 0.750. The maximum Gasteiger partial charge on any atom is 0.322 e. The Morgan fingerprint density at radius 3 is 2.33 bits per heavy atom. The van der Waals surface area contributed by atoms with Crippen LogP contribution in [-0.4, -0.2) is 81.0 Å². The van der Waals surface area contributed by atoms with Gasteiger partial charge in [0.25, 0.3) is 0 Å². The third-order valence-electron chi connectivity index (χ3n) is 2.57. The lowest BCUT2D eigenvalue weighted by Crippen LogP contribution is -2.50. The first kappa shape index (κ1) is 19.1. The van der Waals surface area contributed by atoms with E-state index in [2.05, 4.69) is 10.6 Å². The minimum absolute atomic E-state index is 0.188. The highest BCUT2D eigenvalue weighted by atomic mass is 16.5. The molecule has 21 heavy (non-hydrogen) atoms. The van der Waals surface area contributed by atoms with Gasteiger partial charge in [0.1, 0.15) is 6.54 Å². The fourth-order valence-corrected chi connectivity index (χ4v) is 1.54. The van der Waals surface area contributed by atoms with Crippen molar-refractivity contribution in [3.8, 4) is 0 Å². The predicted octanol–water partition coefficient (Wildman–Crippen LogP) is -1.12. The largest absolute Gasteiger partial charge is 0.480 e. The van der Waals surface area contributed by atoms with Crippen LogP contribution in [0, 0.1) is 0 Å². The number of urea groups is 1. The first-order valence-electron chi connectivity index (χ1n) is 6.43. The summed E-state index contributed by atoms with van der Waals surface area (Å²) < 4.78 is 9.93. The quantitative estimate of drug-likeness (QED) is 0.471. The van der Waals surface area contributed by atoms with Crippen molar-refractivity contribution in [3.63, 3.8) is 0 Å². The molecule has 0 aliphatic carbocycles. The fourth-order valence-electron chi connectivity index (χ4n) is 1.54. The number of carbonyl (C=O) groups is 3. The second kappa shape index (κ2) is 10.9. The van der Waals surface area contributed by atoms with E-state index in [1.807, 2.05) is 6.92 Å². The maximum atomic E-state index is 12.0. The van der Waals surface area contributed by atoms with Crippen molar-refractivity contribution >= 4 is 17.9 Å². The summed E-state index contributed by atoms with van der Waals surface area (Å²) in [5, 5.41) is 13.0. The minimum Gasteiger partial charge on any atom is -0.480 e. The van der Waals surface area contributed by atoms with Crippen molar-refractivity contribution < 1.29 is 29.0 Å². The number of carboxylic acids is 1. The van der Waals surface area contributed by atoms with Crippen LogP contribution in [-0.2, 0) is 19.1 Å². The zero-order valence-corrected chi connectivity index (χ0v) is 12.5. The normalized spacial score (nSPS) is 11.6. The van der Waals surface area contributed by atoms with Crippen molar-refractivity contribution in [3.05, 3.63) is 0 Å². The molecule has 9 heteroatoms. The summed E-state index contributed by atoms with van der Waals surface area (Å²) in [7, 11) is 3.05. The molecule has 0 aromatic heterocycles. The maximum absolute atomic E-state index is 12.0. The van der Waals surface area contributed by atoms with Crippen LogP contribution in [0.4, 0.5) is 4.79 Å². The van der Waals surface area contributed by atoms with E-state index in [1.165, 1.54) is 19.1 Å². The third-order valence-corrected chi connectivity index (χ3v) is 2.57. The summed E-state index contributed by atoms with van der Waals surface area (Å²) >= 11 is 0. The number of aliphatic carboxylic acids is 1. The number of nitrogens with one attached hydrogen (secondary N) is 2. The Hall–Kier alpha value is -1.87. The molecule has 1 atom stereocenters. The summed E-state index contributed by atoms with van der Waals surface area (Å²) in [6.07, 6.45) is 0. The van der Waals surface area contributed by atoms with Crippen molar-refractivity contribution in [2.45, 2.75) is 13.0 Å². The lowest BCUT2D eigenvalue weighted by atomic mass is 10.3. The number of hydrogen-bond donors (Lipinski definition) is 3. The number of amides is 3.